The van der Waals surface area contributed by atoms with Crippen LogP contribution in [0.3, 0.4) is 0 Å². The number of aryl methyl sites for hydroxylation is 1. The largest absolute Gasteiger partial charge is 0.497 e. The topological polar surface area (TPSA) is 38.3 Å². The fourth-order valence-electron chi connectivity index (χ4n) is 2.70. The van der Waals surface area contributed by atoms with E-state index in [4.69, 9.17) is 4.74 Å². The first-order chi connectivity index (χ1) is 10.1. The zero-order chi connectivity index (χ0) is 15.0. The van der Waals surface area contributed by atoms with Gasteiger partial charge in [0.1, 0.15) is 5.75 Å². The first kappa shape index (κ1) is 14.1. The van der Waals surface area contributed by atoms with Gasteiger partial charge in [-0.25, -0.2) is 0 Å². The Morgan fingerprint density at radius 1 is 1.24 bits per heavy atom. The van der Waals surface area contributed by atoms with Crippen LogP contribution in [0.1, 0.15) is 22.6 Å². The number of rotatable bonds is 3. The third kappa shape index (κ3) is 2.68. The second-order valence-electron chi connectivity index (χ2n) is 5.29. The number of carbonyl (C=O) groups is 1. The fourth-order valence-corrected chi connectivity index (χ4v) is 3.11. The Labute approximate surface area is 132 Å². The highest BCUT2D eigenvalue weighted by Gasteiger charge is 2.31. The molecule has 108 valence electrons. The van der Waals surface area contributed by atoms with Gasteiger partial charge in [-0.05, 0) is 48.7 Å². The Morgan fingerprint density at radius 3 is 2.81 bits per heavy atom. The maximum atomic E-state index is 12.3. The molecule has 0 aliphatic carbocycles. The Bertz CT molecular complexity index is 712. The lowest BCUT2D eigenvalue weighted by molar-refractivity contribution is -0.117. The monoisotopic (exact) mass is 345 g/mol. The summed E-state index contributed by atoms with van der Waals surface area (Å²) in [4.78, 5) is 12.3. The highest BCUT2D eigenvalue weighted by molar-refractivity contribution is 9.10. The van der Waals surface area contributed by atoms with Gasteiger partial charge in [0.15, 0.2) is 0 Å². The molecule has 0 radical (unpaired) electrons. The van der Waals surface area contributed by atoms with E-state index in [2.05, 4.69) is 27.3 Å². The van der Waals surface area contributed by atoms with Crippen molar-refractivity contribution in [3.63, 3.8) is 0 Å². The van der Waals surface area contributed by atoms with E-state index in [1.54, 1.807) is 7.11 Å². The molecule has 3 rings (SSSR count). The van der Waals surface area contributed by atoms with Gasteiger partial charge >= 0.3 is 0 Å². The number of hydrogen-bond acceptors (Lipinski definition) is 2. The Morgan fingerprint density at radius 2 is 2.05 bits per heavy atom. The van der Waals surface area contributed by atoms with Crippen molar-refractivity contribution in [2.75, 3.05) is 12.4 Å². The summed E-state index contributed by atoms with van der Waals surface area (Å²) in [6.07, 6.45) is 0.653. The van der Waals surface area contributed by atoms with Crippen LogP contribution in [0, 0.1) is 6.92 Å². The number of halogens is 1. The molecule has 0 spiro atoms. The van der Waals surface area contributed by atoms with Gasteiger partial charge in [-0.1, -0.05) is 33.6 Å². The molecule has 1 aliphatic rings. The third-order valence-corrected chi connectivity index (χ3v) is 4.61. The molecule has 0 saturated carbocycles. The number of ether oxygens (including phenoxy) is 1. The lowest BCUT2D eigenvalue weighted by Gasteiger charge is -2.12. The average molecular weight is 346 g/mol. The SMILES string of the molecule is COc1ccc(Br)c(CC2C(=O)Nc3ccc(C)cc32)c1. The van der Waals surface area contributed by atoms with E-state index in [0.29, 0.717) is 6.42 Å². The van der Waals surface area contributed by atoms with Crippen LogP contribution in [0.4, 0.5) is 5.69 Å². The molecule has 1 atom stereocenters. The predicted octanol–water partition coefficient (Wildman–Crippen LogP) is 4.04. The van der Waals surface area contributed by atoms with Crippen molar-refractivity contribution in [1.82, 2.24) is 0 Å². The molecule has 2 aromatic rings. The van der Waals surface area contributed by atoms with E-state index in [-0.39, 0.29) is 11.8 Å². The van der Waals surface area contributed by atoms with Crippen LogP contribution in [-0.4, -0.2) is 13.0 Å². The molecule has 1 unspecified atom stereocenters. The molecular formula is C17H16BrNO2. The van der Waals surface area contributed by atoms with Crippen molar-refractivity contribution >= 4 is 27.5 Å². The molecule has 4 heteroatoms. The molecule has 1 amide bonds. The minimum absolute atomic E-state index is 0.0605. The number of amides is 1. The number of carbonyl (C=O) groups excluding carboxylic acids is 1. The number of hydrogen-bond donors (Lipinski definition) is 1. The Balaban J connectivity index is 1.96. The third-order valence-electron chi connectivity index (χ3n) is 3.83. The standard InChI is InChI=1S/C17H16BrNO2/c1-10-3-6-16-13(7-10)14(17(20)19-16)9-11-8-12(21-2)4-5-15(11)18/h3-8,14H,9H2,1-2H3,(H,19,20). The van der Waals surface area contributed by atoms with Crippen molar-refractivity contribution in [2.45, 2.75) is 19.3 Å². The van der Waals surface area contributed by atoms with Crippen LogP contribution in [-0.2, 0) is 11.2 Å². The molecule has 0 bridgehead atoms. The van der Waals surface area contributed by atoms with Gasteiger partial charge in [-0.15, -0.1) is 0 Å². The van der Waals surface area contributed by atoms with Crippen molar-refractivity contribution < 1.29 is 9.53 Å². The van der Waals surface area contributed by atoms with Crippen molar-refractivity contribution in [2.24, 2.45) is 0 Å². The van der Waals surface area contributed by atoms with Crippen LogP contribution in [0.15, 0.2) is 40.9 Å². The number of fused-ring (bicyclic) bond motifs is 1. The molecule has 0 fully saturated rings. The van der Waals surface area contributed by atoms with Gasteiger partial charge in [-0.2, -0.15) is 0 Å². The predicted molar refractivity (Wildman–Crippen MR) is 86.9 cm³/mol. The summed E-state index contributed by atoms with van der Waals surface area (Å²) in [5.74, 6) is 0.713. The summed E-state index contributed by atoms with van der Waals surface area (Å²) in [6, 6.07) is 11.9. The normalized spacial score (nSPS) is 16.5. The summed E-state index contributed by atoms with van der Waals surface area (Å²) in [6.45, 7) is 2.04. The maximum absolute atomic E-state index is 12.3. The Kier molecular flexibility index (Phi) is 3.72. The second-order valence-corrected chi connectivity index (χ2v) is 6.15. The number of benzene rings is 2. The minimum Gasteiger partial charge on any atom is -0.497 e. The molecule has 0 saturated heterocycles. The summed E-state index contributed by atoms with van der Waals surface area (Å²) in [5, 5.41) is 2.96. The van der Waals surface area contributed by atoms with E-state index in [1.807, 2.05) is 37.3 Å². The number of nitrogens with one attached hydrogen (secondary N) is 1. The highest BCUT2D eigenvalue weighted by atomic mass is 79.9. The lowest BCUT2D eigenvalue weighted by atomic mass is 9.92. The van der Waals surface area contributed by atoms with Crippen LogP contribution in [0.2, 0.25) is 0 Å². The highest BCUT2D eigenvalue weighted by Crippen LogP contribution is 2.37. The summed E-state index contributed by atoms with van der Waals surface area (Å²) >= 11 is 3.55. The van der Waals surface area contributed by atoms with Crippen molar-refractivity contribution in [3.8, 4) is 5.75 Å². The van der Waals surface area contributed by atoms with E-state index < -0.39 is 0 Å². The van der Waals surface area contributed by atoms with Gasteiger partial charge in [-0.3, -0.25) is 4.79 Å². The van der Waals surface area contributed by atoms with Crippen LogP contribution >= 0.6 is 15.9 Å². The van der Waals surface area contributed by atoms with Crippen LogP contribution < -0.4 is 10.1 Å². The first-order valence-corrected chi connectivity index (χ1v) is 7.61. The van der Waals surface area contributed by atoms with Gasteiger partial charge in [0.25, 0.3) is 0 Å². The van der Waals surface area contributed by atoms with Crippen molar-refractivity contribution in [1.29, 1.82) is 0 Å². The zero-order valence-electron chi connectivity index (χ0n) is 11.9. The Hall–Kier alpha value is -1.81. The number of methoxy groups -OCH3 is 1. The van der Waals surface area contributed by atoms with Gasteiger partial charge in [0.05, 0.1) is 13.0 Å². The van der Waals surface area contributed by atoms with E-state index in [1.165, 1.54) is 5.56 Å². The summed E-state index contributed by atoms with van der Waals surface area (Å²) in [5.41, 5.74) is 4.24. The second kappa shape index (κ2) is 5.53. The first-order valence-electron chi connectivity index (χ1n) is 6.82. The van der Waals surface area contributed by atoms with Gasteiger partial charge < -0.3 is 10.1 Å². The van der Waals surface area contributed by atoms with E-state index in [9.17, 15) is 4.79 Å². The smallest absolute Gasteiger partial charge is 0.232 e. The lowest BCUT2D eigenvalue weighted by Crippen LogP contribution is -2.14. The zero-order valence-corrected chi connectivity index (χ0v) is 13.5. The van der Waals surface area contributed by atoms with E-state index in [0.717, 1.165) is 27.0 Å². The molecule has 21 heavy (non-hydrogen) atoms. The minimum atomic E-state index is -0.150. The summed E-state index contributed by atoms with van der Waals surface area (Å²) in [7, 11) is 1.65. The van der Waals surface area contributed by atoms with Crippen molar-refractivity contribution in [3.05, 3.63) is 57.6 Å². The van der Waals surface area contributed by atoms with Crippen LogP contribution in [0.5, 0.6) is 5.75 Å². The van der Waals surface area contributed by atoms with Gasteiger partial charge in [0.2, 0.25) is 5.91 Å². The maximum Gasteiger partial charge on any atom is 0.232 e. The molecular weight excluding hydrogens is 330 g/mol. The molecule has 3 nitrogen and oxygen atoms in total. The van der Waals surface area contributed by atoms with Gasteiger partial charge in [0, 0.05) is 10.2 Å². The number of anilines is 1. The molecule has 1 aliphatic heterocycles. The average Bonchev–Trinajstić information content (AvgIpc) is 2.77. The molecule has 1 heterocycles. The van der Waals surface area contributed by atoms with Crippen LogP contribution in [0.25, 0.3) is 0 Å². The molecule has 2 aromatic carbocycles. The molecule has 1 N–H and O–H groups in total. The quantitative estimate of drug-likeness (QED) is 0.911. The van der Waals surface area contributed by atoms with E-state index >= 15 is 0 Å². The summed E-state index contributed by atoms with van der Waals surface area (Å²) < 4.78 is 6.27. The molecule has 0 aromatic heterocycles. The fraction of sp³-hybridized carbons (Fsp3) is 0.235.